The molecule has 0 saturated carbocycles. The lowest BCUT2D eigenvalue weighted by Crippen LogP contribution is -2.18. The van der Waals surface area contributed by atoms with E-state index in [0.29, 0.717) is 19.8 Å². The fourth-order valence-electron chi connectivity index (χ4n) is 1.06. The van der Waals surface area contributed by atoms with Crippen molar-refractivity contribution >= 4 is 16.3 Å². The molecule has 0 aliphatic rings. The van der Waals surface area contributed by atoms with Gasteiger partial charge in [-0.3, -0.25) is 10.1 Å². The summed E-state index contributed by atoms with van der Waals surface area (Å²) in [5.41, 5.74) is 0. The minimum absolute atomic E-state index is 0.191. The van der Waals surface area contributed by atoms with Crippen LogP contribution in [0.1, 0.15) is 11.8 Å². The van der Waals surface area contributed by atoms with Gasteiger partial charge in [-0.2, -0.15) is 0 Å². The molecule has 0 radical (unpaired) electrons. The molecule has 1 aromatic rings. The Balaban J connectivity index is 2.23. The van der Waals surface area contributed by atoms with Crippen LogP contribution in [0.5, 0.6) is 0 Å². The molecular formula is C9H14N2O3S. The molecule has 0 fully saturated rings. The Kier molecular flexibility index (Phi) is 5.23. The molecule has 15 heavy (non-hydrogen) atoms. The van der Waals surface area contributed by atoms with Crippen molar-refractivity contribution in [3.63, 3.8) is 0 Å². The zero-order chi connectivity index (χ0) is 11.1. The summed E-state index contributed by atoms with van der Waals surface area (Å²) in [4.78, 5) is 11.0. The number of hydrogen-bond acceptors (Lipinski definition) is 5. The van der Waals surface area contributed by atoms with Gasteiger partial charge < -0.3 is 10.1 Å². The van der Waals surface area contributed by atoms with Crippen molar-refractivity contribution in [3.8, 4) is 0 Å². The predicted molar refractivity (Wildman–Crippen MR) is 59.2 cm³/mol. The first-order chi connectivity index (χ1) is 7.24. The fraction of sp³-hybridized carbons (Fsp3) is 0.556. The highest BCUT2D eigenvalue weighted by molar-refractivity contribution is 7.15. The molecule has 0 spiro atoms. The highest BCUT2D eigenvalue weighted by atomic mass is 32.1. The lowest BCUT2D eigenvalue weighted by Gasteiger charge is -2.02. The highest BCUT2D eigenvalue weighted by Crippen LogP contribution is 2.23. The van der Waals surface area contributed by atoms with Gasteiger partial charge in [0.15, 0.2) is 0 Å². The molecule has 1 rings (SSSR count). The molecule has 0 bridgehead atoms. The van der Waals surface area contributed by atoms with Gasteiger partial charge in [-0.1, -0.05) is 11.3 Å². The molecule has 0 atom stereocenters. The molecule has 5 nitrogen and oxygen atoms in total. The van der Waals surface area contributed by atoms with Gasteiger partial charge in [-0.05, 0) is 13.0 Å². The van der Waals surface area contributed by atoms with E-state index in [1.807, 2.05) is 6.92 Å². The van der Waals surface area contributed by atoms with Gasteiger partial charge in [0.25, 0.3) is 0 Å². The fourth-order valence-corrected chi connectivity index (χ4v) is 1.85. The molecule has 1 N–H and O–H groups in total. The van der Waals surface area contributed by atoms with Crippen molar-refractivity contribution in [1.29, 1.82) is 0 Å². The largest absolute Gasteiger partial charge is 0.380 e. The SMILES string of the molecule is CCOCCNCc1ccc([N+](=O)[O-])s1. The Morgan fingerprint density at radius 1 is 1.60 bits per heavy atom. The smallest absolute Gasteiger partial charge is 0.324 e. The summed E-state index contributed by atoms with van der Waals surface area (Å²) in [5.74, 6) is 0. The van der Waals surface area contributed by atoms with Gasteiger partial charge in [-0.25, -0.2) is 0 Å². The predicted octanol–water partition coefficient (Wildman–Crippen LogP) is 1.78. The average Bonchev–Trinajstić information content (AvgIpc) is 2.66. The van der Waals surface area contributed by atoms with E-state index in [1.54, 1.807) is 6.07 Å². The van der Waals surface area contributed by atoms with Crippen LogP contribution in [0.3, 0.4) is 0 Å². The lowest BCUT2D eigenvalue weighted by atomic mass is 10.4. The zero-order valence-corrected chi connectivity index (χ0v) is 9.38. The number of nitro groups is 1. The number of thiophene rings is 1. The maximum atomic E-state index is 10.4. The highest BCUT2D eigenvalue weighted by Gasteiger charge is 2.08. The lowest BCUT2D eigenvalue weighted by molar-refractivity contribution is -0.380. The second-order valence-corrected chi connectivity index (χ2v) is 4.02. The van der Waals surface area contributed by atoms with E-state index in [-0.39, 0.29) is 9.92 Å². The Bertz CT molecular complexity index is 314. The van der Waals surface area contributed by atoms with E-state index in [9.17, 15) is 10.1 Å². The van der Waals surface area contributed by atoms with Gasteiger partial charge >= 0.3 is 5.00 Å². The van der Waals surface area contributed by atoms with E-state index in [2.05, 4.69) is 5.32 Å². The first kappa shape index (κ1) is 12.1. The van der Waals surface area contributed by atoms with Gasteiger partial charge in [0, 0.05) is 30.6 Å². The van der Waals surface area contributed by atoms with E-state index in [1.165, 1.54) is 17.4 Å². The number of hydrogen-bond donors (Lipinski definition) is 1. The molecular weight excluding hydrogens is 216 g/mol. The topological polar surface area (TPSA) is 64.4 Å². The minimum Gasteiger partial charge on any atom is -0.380 e. The van der Waals surface area contributed by atoms with Crippen LogP contribution in [0.4, 0.5) is 5.00 Å². The Hall–Kier alpha value is -0.980. The third kappa shape index (κ3) is 4.37. The van der Waals surface area contributed by atoms with E-state index in [0.717, 1.165) is 11.4 Å². The first-order valence-electron chi connectivity index (χ1n) is 4.75. The summed E-state index contributed by atoms with van der Waals surface area (Å²) in [5, 5.41) is 13.7. The van der Waals surface area contributed by atoms with Crippen molar-refractivity contribution in [3.05, 3.63) is 27.1 Å². The van der Waals surface area contributed by atoms with Crippen molar-refractivity contribution in [1.82, 2.24) is 5.32 Å². The minimum atomic E-state index is -0.367. The molecule has 0 saturated heterocycles. The monoisotopic (exact) mass is 230 g/mol. The molecule has 1 heterocycles. The molecule has 1 aromatic heterocycles. The van der Waals surface area contributed by atoms with Crippen molar-refractivity contribution in [2.24, 2.45) is 0 Å². The average molecular weight is 230 g/mol. The molecule has 0 aromatic carbocycles. The molecule has 0 aliphatic heterocycles. The summed E-state index contributed by atoms with van der Waals surface area (Å²) in [7, 11) is 0. The van der Waals surface area contributed by atoms with Gasteiger partial charge in [-0.15, -0.1) is 0 Å². The van der Waals surface area contributed by atoms with E-state index >= 15 is 0 Å². The van der Waals surface area contributed by atoms with Crippen molar-refractivity contribution < 1.29 is 9.66 Å². The third-order valence-electron chi connectivity index (χ3n) is 1.75. The zero-order valence-electron chi connectivity index (χ0n) is 8.56. The molecule has 0 unspecified atom stereocenters. The van der Waals surface area contributed by atoms with Crippen LogP contribution in [-0.2, 0) is 11.3 Å². The summed E-state index contributed by atoms with van der Waals surface area (Å²) in [6, 6.07) is 3.31. The van der Waals surface area contributed by atoms with Crippen LogP contribution in [0, 0.1) is 10.1 Å². The third-order valence-corrected chi connectivity index (χ3v) is 2.79. The van der Waals surface area contributed by atoms with Crippen LogP contribution in [-0.4, -0.2) is 24.7 Å². The molecule has 0 aliphatic carbocycles. The van der Waals surface area contributed by atoms with Gasteiger partial charge in [0.2, 0.25) is 0 Å². The first-order valence-corrected chi connectivity index (χ1v) is 5.57. The Morgan fingerprint density at radius 3 is 3.00 bits per heavy atom. The second-order valence-electron chi connectivity index (χ2n) is 2.87. The van der Waals surface area contributed by atoms with Gasteiger partial charge in [0.1, 0.15) is 0 Å². The Labute approximate surface area is 92.2 Å². The second kappa shape index (κ2) is 6.49. The number of rotatable bonds is 7. The van der Waals surface area contributed by atoms with E-state index in [4.69, 9.17) is 4.74 Å². The quantitative estimate of drug-likeness (QED) is 0.440. The summed E-state index contributed by atoms with van der Waals surface area (Å²) in [6.07, 6.45) is 0. The number of nitrogens with one attached hydrogen (secondary N) is 1. The maximum Gasteiger partial charge on any atom is 0.324 e. The molecule has 6 heteroatoms. The summed E-state index contributed by atoms with van der Waals surface area (Å²) in [6.45, 7) is 4.75. The van der Waals surface area contributed by atoms with Crippen LogP contribution in [0.15, 0.2) is 12.1 Å². The summed E-state index contributed by atoms with van der Waals surface area (Å²) >= 11 is 1.20. The number of nitrogens with zero attached hydrogens (tertiary/aromatic N) is 1. The molecule has 0 amide bonds. The normalized spacial score (nSPS) is 10.5. The van der Waals surface area contributed by atoms with Crippen LogP contribution in [0.2, 0.25) is 0 Å². The van der Waals surface area contributed by atoms with Crippen LogP contribution in [0.25, 0.3) is 0 Å². The van der Waals surface area contributed by atoms with Crippen LogP contribution < -0.4 is 5.32 Å². The number of ether oxygens (including phenoxy) is 1. The van der Waals surface area contributed by atoms with Crippen molar-refractivity contribution in [2.75, 3.05) is 19.8 Å². The standard InChI is InChI=1S/C9H14N2O3S/c1-2-14-6-5-10-7-8-3-4-9(15-8)11(12)13/h3-4,10H,2,5-7H2,1H3. The van der Waals surface area contributed by atoms with E-state index < -0.39 is 0 Å². The maximum absolute atomic E-state index is 10.4. The molecule has 84 valence electrons. The van der Waals surface area contributed by atoms with Gasteiger partial charge in [0.05, 0.1) is 11.5 Å². The van der Waals surface area contributed by atoms with Crippen LogP contribution >= 0.6 is 11.3 Å². The summed E-state index contributed by atoms with van der Waals surface area (Å²) < 4.78 is 5.15. The Morgan fingerprint density at radius 2 is 2.40 bits per heavy atom. The van der Waals surface area contributed by atoms with Crippen molar-refractivity contribution in [2.45, 2.75) is 13.5 Å².